The molecule has 0 saturated carbocycles. The first-order valence-electron chi connectivity index (χ1n) is 9.12. The number of halogens is 3. The maximum absolute atomic E-state index is 12.6. The van der Waals surface area contributed by atoms with Gasteiger partial charge in [0, 0.05) is 25.0 Å². The molecule has 1 aliphatic carbocycles. The topological polar surface area (TPSA) is 12.5 Å². The van der Waals surface area contributed by atoms with Crippen LogP contribution in [0.3, 0.4) is 0 Å². The minimum absolute atomic E-state index is 0.0988. The molecular weight excluding hydrogens is 351 g/mol. The van der Waals surface area contributed by atoms with Gasteiger partial charge >= 0.3 is 6.18 Å². The summed E-state index contributed by atoms with van der Waals surface area (Å²) in [5, 5.41) is 0. The molecule has 144 valence electrons. The normalized spacial score (nSPS) is 21.8. The molecule has 0 fully saturated rings. The highest BCUT2D eigenvalue weighted by molar-refractivity contribution is 5.50. The first kappa shape index (κ1) is 19.5. The van der Waals surface area contributed by atoms with Crippen molar-refractivity contribution in [1.29, 1.82) is 0 Å². The molecule has 2 atom stereocenters. The van der Waals surface area contributed by atoms with Gasteiger partial charge in [-0.2, -0.15) is 13.2 Å². The van der Waals surface area contributed by atoms with Crippen LogP contribution in [0.25, 0.3) is 6.08 Å². The Labute approximate surface area is 158 Å². The van der Waals surface area contributed by atoms with E-state index in [0.29, 0.717) is 12.6 Å². The van der Waals surface area contributed by atoms with E-state index in [1.54, 1.807) is 0 Å². The van der Waals surface area contributed by atoms with Gasteiger partial charge in [0.15, 0.2) is 0 Å². The number of rotatable bonds is 6. The molecule has 2 unspecified atom stereocenters. The van der Waals surface area contributed by atoms with Crippen LogP contribution in [-0.2, 0) is 10.9 Å². The fourth-order valence-electron chi connectivity index (χ4n) is 3.24. The molecule has 5 heteroatoms. The fraction of sp³-hybridized carbons (Fsp3) is 0.364. The number of hydrogen-bond acceptors (Lipinski definition) is 2. The van der Waals surface area contributed by atoms with Crippen molar-refractivity contribution in [3.05, 3.63) is 77.6 Å². The third-order valence-electron chi connectivity index (χ3n) is 4.89. The van der Waals surface area contributed by atoms with Crippen molar-refractivity contribution in [2.75, 3.05) is 13.1 Å². The van der Waals surface area contributed by atoms with Crippen molar-refractivity contribution in [2.24, 2.45) is 5.92 Å². The molecule has 1 aromatic carbocycles. The third kappa shape index (κ3) is 4.92. The smallest absolute Gasteiger partial charge is 0.416 e. The number of ether oxygens (including phenoxy) is 1. The Morgan fingerprint density at radius 3 is 2.48 bits per heavy atom. The van der Waals surface area contributed by atoms with Crippen LogP contribution < -0.4 is 0 Å². The summed E-state index contributed by atoms with van der Waals surface area (Å²) in [7, 11) is 0. The molecule has 0 spiro atoms. The summed E-state index contributed by atoms with van der Waals surface area (Å²) in [6.45, 7) is 5.79. The molecule has 27 heavy (non-hydrogen) atoms. The average Bonchev–Trinajstić information content (AvgIpc) is 3.03. The molecule has 2 nitrogen and oxygen atoms in total. The summed E-state index contributed by atoms with van der Waals surface area (Å²) < 4.78 is 43.6. The molecule has 2 aliphatic rings. The monoisotopic (exact) mass is 375 g/mol. The highest BCUT2D eigenvalue weighted by atomic mass is 19.4. The number of hydrogen-bond donors (Lipinski definition) is 0. The van der Waals surface area contributed by atoms with Crippen LogP contribution in [0.4, 0.5) is 13.2 Å². The minimum atomic E-state index is -4.30. The van der Waals surface area contributed by atoms with Crippen LogP contribution >= 0.6 is 0 Å². The summed E-state index contributed by atoms with van der Waals surface area (Å²) in [4.78, 5) is 2.31. The van der Waals surface area contributed by atoms with Gasteiger partial charge in [0.1, 0.15) is 6.10 Å². The molecule has 0 amide bonds. The molecule has 3 rings (SSSR count). The van der Waals surface area contributed by atoms with Crippen LogP contribution in [0.5, 0.6) is 0 Å². The third-order valence-corrected chi connectivity index (χ3v) is 4.89. The molecule has 0 N–H and O–H groups in total. The average molecular weight is 375 g/mol. The van der Waals surface area contributed by atoms with Gasteiger partial charge in [-0.25, -0.2) is 0 Å². The van der Waals surface area contributed by atoms with Gasteiger partial charge in [0.25, 0.3) is 0 Å². The van der Waals surface area contributed by atoms with Crippen molar-refractivity contribution >= 4 is 6.08 Å². The van der Waals surface area contributed by atoms with Crippen molar-refractivity contribution in [1.82, 2.24) is 4.90 Å². The summed E-state index contributed by atoms with van der Waals surface area (Å²) in [6, 6.07) is 5.56. The molecule has 0 aromatic heterocycles. The van der Waals surface area contributed by atoms with E-state index in [-0.39, 0.29) is 12.0 Å². The second-order valence-electron chi connectivity index (χ2n) is 7.13. The zero-order chi connectivity index (χ0) is 19.4. The van der Waals surface area contributed by atoms with Crippen LogP contribution in [0, 0.1) is 5.92 Å². The van der Waals surface area contributed by atoms with Crippen LogP contribution in [0.15, 0.2) is 66.5 Å². The SMILES string of the molecule is CC(C)N(C/C=C/c1ccc(C(F)(F)F)cc1)CC1=COC2C=CC=CC12. The van der Waals surface area contributed by atoms with Gasteiger partial charge in [-0.3, -0.25) is 4.90 Å². The van der Waals surface area contributed by atoms with E-state index in [9.17, 15) is 13.2 Å². The van der Waals surface area contributed by atoms with Gasteiger partial charge < -0.3 is 4.74 Å². The second kappa shape index (κ2) is 8.17. The largest absolute Gasteiger partial charge is 0.493 e. The van der Waals surface area contributed by atoms with E-state index in [0.717, 1.165) is 24.2 Å². The van der Waals surface area contributed by atoms with Gasteiger partial charge in [-0.05, 0) is 43.2 Å². The van der Waals surface area contributed by atoms with Crippen molar-refractivity contribution in [3.63, 3.8) is 0 Å². The first-order chi connectivity index (χ1) is 12.8. The van der Waals surface area contributed by atoms with Crippen LogP contribution in [0.1, 0.15) is 25.0 Å². The van der Waals surface area contributed by atoms with E-state index < -0.39 is 11.7 Å². The van der Waals surface area contributed by atoms with E-state index in [1.165, 1.54) is 17.7 Å². The lowest BCUT2D eigenvalue weighted by atomic mass is 9.91. The number of nitrogens with zero attached hydrogens (tertiary/aromatic N) is 1. The Balaban J connectivity index is 1.59. The molecule has 1 aromatic rings. The van der Waals surface area contributed by atoms with E-state index in [1.807, 2.05) is 30.6 Å². The summed E-state index contributed by atoms with van der Waals surface area (Å²) in [6.07, 6.45) is 9.81. The van der Waals surface area contributed by atoms with Crippen LogP contribution in [0.2, 0.25) is 0 Å². The van der Waals surface area contributed by atoms with Gasteiger partial charge in [0.2, 0.25) is 0 Å². The van der Waals surface area contributed by atoms with Gasteiger partial charge in [-0.1, -0.05) is 42.5 Å². The lowest BCUT2D eigenvalue weighted by molar-refractivity contribution is -0.137. The Hall–Kier alpha value is -2.27. The molecule has 0 bridgehead atoms. The lowest BCUT2D eigenvalue weighted by Gasteiger charge is -2.27. The van der Waals surface area contributed by atoms with E-state index >= 15 is 0 Å². The highest BCUT2D eigenvalue weighted by Crippen LogP contribution is 2.31. The number of alkyl halides is 3. The first-order valence-corrected chi connectivity index (χ1v) is 9.12. The Morgan fingerprint density at radius 1 is 1.11 bits per heavy atom. The van der Waals surface area contributed by atoms with Crippen molar-refractivity contribution in [2.45, 2.75) is 32.2 Å². The predicted octanol–water partition coefficient (Wildman–Crippen LogP) is 5.45. The zero-order valence-electron chi connectivity index (χ0n) is 15.5. The predicted molar refractivity (Wildman–Crippen MR) is 102 cm³/mol. The molecular formula is C22H24F3NO. The molecule has 0 radical (unpaired) electrons. The number of benzene rings is 1. The second-order valence-corrected chi connectivity index (χ2v) is 7.13. The highest BCUT2D eigenvalue weighted by Gasteiger charge is 2.30. The molecule has 1 aliphatic heterocycles. The zero-order valence-corrected chi connectivity index (χ0v) is 15.5. The Morgan fingerprint density at radius 2 is 1.81 bits per heavy atom. The standard InChI is InChI=1S/C22H24F3NO/c1-16(2)26(14-18-15-27-21-8-4-3-7-20(18)21)13-5-6-17-9-11-19(12-10-17)22(23,24)25/h3-12,15-16,20-21H,13-14H2,1-2H3/b6-5+. The van der Waals surface area contributed by atoms with Crippen molar-refractivity contribution in [3.8, 4) is 0 Å². The fourth-order valence-corrected chi connectivity index (χ4v) is 3.24. The quantitative estimate of drug-likeness (QED) is 0.655. The molecule has 1 heterocycles. The summed E-state index contributed by atoms with van der Waals surface area (Å²) in [5.41, 5.74) is 1.38. The Bertz CT molecular complexity index is 757. The van der Waals surface area contributed by atoms with Gasteiger partial charge in [0.05, 0.1) is 11.8 Å². The summed E-state index contributed by atoms with van der Waals surface area (Å²) in [5.74, 6) is 0.287. The number of allylic oxidation sites excluding steroid dienone is 2. The summed E-state index contributed by atoms with van der Waals surface area (Å²) >= 11 is 0. The van der Waals surface area contributed by atoms with Gasteiger partial charge in [-0.15, -0.1) is 0 Å². The lowest BCUT2D eigenvalue weighted by Crippen LogP contribution is -2.34. The van der Waals surface area contributed by atoms with Crippen LogP contribution in [-0.4, -0.2) is 30.1 Å². The van der Waals surface area contributed by atoms with E-state index in [4.69, 9.17) is 4.74 Å². The maximum atomic E-state index is 12.6. The maximum Gasteiger partial charge on any atom is 0.416 e. The van der Waals surface area contributed by atoms with Crippen molar-refractivity contribution < 1.29 is 17.9 Å². The molecule has 0 saturated heterocycles. The number of fused-ring (bicyclic) bond motifs is 1. The minimum Gasteiger partial charge on any atom is -0.493 e. The Kier molecular flexibility index (Phi) is 5.90. The van der Waals surface area contributed by atoms with E-state index in [2.05, 4.69) is 30.9 Å².